The molecule has 7 nitrogen and oxygen atoms in total. The van der Waals surface area contributed by atoms with Crippen LogP contribution in [0.1, 0.15) is 36.3 Å². The molecule has 1 aromatic heterocycles. The van der Waals surface area contributed by atoms with Crippen LogP contribution >= 0.6 is 0 Å². The largest absolute Gasteiger partial charge is 0.470 e. The zero-order chi connectivity index (χ0) is 26.1. The number of hydrogen-bond donors (Lipinski definition) is 0. The molecule has 0 spiro atoms. The summed E-state index contributed by atoms with van der Waals surface area (Å²) in [5.74, 6) is -1.45. The summed E-state index contributed by atoms with van der Waals surface area (Å²) in [5, 5.41) is 6.50. The fraction of sp³-hybridized carbons (Fsp3) is 0.429. The Labute approximate surface area is 215 Å². The fourth-order valence-electron chi connectivity index (χ4n) is 5.08. The number of ether oxygens (including phenoxy) is 1. The molecule has 2 atom stereocenters. The van der Waals surface area contributed by atoms with Gasteiger partial charge in [0.05, 0.1) is 11.4 Å². The summed E-state index contributed by atoms with van der Waals surface area (Å²) in [7, 11) is 2.04. The Morgan fingerprint density at radius 3 is 2.54 bits per heavy atom. The Bertz CT molecular complexity index is 1260. The molecule has 9 heteroatoms. The van der Waals surface area contributed by atoms with Crippen molar-refractivity contribution in [2.75, 3.05) is 33.2 Å². The number of hydroxylamine groups is 2. The molecular weight excluding hydrogens is 478 g/mol. The summed E-state index contributed by atoms with van der Waals surface area (Å²) in [6.07, 6.45) is -0.0228. The molecule has 2 aromatic carbocycles. The lowest BCUT2D eigenvalue weighted by Gasteiger charge is -2.35. The van der Waals surface area contributed by atoms with Crippen LogP contribution in [0.4, 0.5) is 8.78 Å². The summed E-state index contributed by atoms with van der Waals surface area (Å²) in [5.41, 5.74) is 3.02. The first-order chi connectivity index (χ1) is 17.8. The van der Waals surface area contributed by atoms with Gasteiger partial charge in [0.15, 0.2) is 11.6 Å². The van der Waals surface area contributed by atoms with E-state index in [1.165, 1.54) is 6.07 Å². The van der Waals surface area contributed by atoms with Crippen LogP contribution in [-0.4, -0.2) is 64.9 Å². The predicted octanol–water partition coefficient (Wildman–Crippen LogP) is 4.28. The van der Waals surface area contributed by atoms with Crippen LogP contribution in [0.5, 0.6) is 5.88 Å². The van der Waals surface area contributed by atoms with E-state index in [2.05, 4.69) is 4.90 Å². The summed E-state index contributed by atoms with van der Waals surface area (Å²) in [6.45, 7) is 6.73. The van der Waals surface area contributed by atoms with E-state index in [0.29, 0.717) is 24.5 Å². The minimum Gasteiger partial charge on any atom is -0.470 e. The van der Waals surface area contributed by atoms with Crippen LogP contribution in [-0.2, 0) is 16.1 Å². The average Bonchev–Trinajstić information content (AvgIpc) is 3.41. The molecule has 0 amide bonds. The van der Waals surface area contributed by atoms with Crippen molar-refractivity contribution in [2.45, 2.75) is 38.9 Å². The number of halogens is 2. The van der Waals surface area contributed by atoms with Crippen LogP contribution in [0.3, 0.4) is 0 Å². The van der Waals surface area contributed by atoms with Crippen molar-refractivity contribution < 1.29 is 23.1 Å². The SMILES string of the molecule is CCN1C[C@@H](CC(=O)Cc2c(C)c(OC3CN(C)C3)nn2-c2ccccc2)[C@H](c2ccc(F)c(F)c2)O1. The molecule has 0 saturated carbocycles. The molecule has 0 unspecified atom stereocenters. The number of likely N-dealkylation sites (tertiary alicyclic amines) is 1. The van der Waals surface area contributed by atoms with Crippen molar-refractivity contribution in [3.05, 3.63) is 77.0 Å². The molecule has 2 aliphatic rings. The number of nitrogens with zero attached hydrogens (tertiary/aromatic N) is 4. The van der Waals surface area contributed by atoms with Gasteiger partial charge in [0.25, 0.3) is 0 Å². The van der Waals surface area contributed by atoms with Gasteiger partial charge in [0, 0.05) is 50.5 Å². The van der Waals surface area contributed by atoms with E-state index in [9.17, 15) is 13.6 Å². The molecule has 2 fully saturated rings. The van der Waals surface area contributed by atoms with E-state index in [1.807, 2.05) is 51.2 Å². The minimum absolute atomic E-state index is 0.0224. The van der Waals surface area contributed by atoms with E-state index < -0.39 is 17.7 Å². The fourth-order valence-corrected chi connectivity index (χ4v) is 5.08. The Balaban J connectivity index is 1.37. The van der Waals surface area contributed by atoms with Crippen molar-refractivity contribution >= 4 is 5.78 Å². The number of rotatable bonds is 9. The van der Waals surface area contributed by atoms with Gasteiger partial charge in [-0.3, -0.25) is 14.5 Å². The Kier molecular flexibility index (Phi) is 7.37. The smallest absolute Gasteiger partial charge is 0.236 e. The predicted molar refractivity (Wildman–Crippen MR) is 134 cm³/mol. The van der Waals surface area contributed by atoms with Gasteiger partial charge >= 0.3 is 0 Å². The van der Waals surface area contributed by atoms with E-state index in [1.54, 1.807) is 9.75 Å². The van der Waals surface area contributed by atoms with Crippen molar-refractivity contribution in [3.63, 3.8) is 0 Å². The van der Waals surface area contributed by atoms with Crippen LogP contribution in [0.15, 0.2) is 48.5 Å². The zero-order valence-electron chi connectivity index (χ0n) is 21.4. The molecule has 0 aliphatic carbocycles. The molecule has 2 aliphatic heterocycles. The van der Waals surface area contributed by atoms with E-state index in [-0.39, 0.29) is 30.6 Å². The van der Waals surface area contributed by atoms with Gasteiger partial charge in [0.2, 0.25) is 5.88 Å². The maximum Gasteiger partial charge on any atom is 0.236 e. The molecule has 3 heterocycles. The van der Waals surface area contributed by atoms with Gasteiger partial charge in [-0.25, -0.2) is 13.5 Å². The van der Waals surface area contributed by atoms with Crippen molar-refractivity contribution in [3.8, 4) is 11.6 Å². The highest BCUT2D eigenvalue weighted by atomic mass is 19.2. The lowest BCUT2D eigenvalue weighted by Crippen LogP contribution is -2.51. The van der Waals surface area contributed by atoms with Crippen LogP contribution in [0, 0.1) is 24.5 Å². The first-order valence-corrected chi connectivity index (χ1v) is 12.7. The van der Waals surface area contributed by atoms with E-state index in [4.69, 9.17) is 14.7 Å². The molecule has 0 N–H and O–H groups in total. The quantitative estimate of drug-likeness (QED) is 0.428. The molecule has 37 heavy (non-hydrogen) atoms. The average molecular weight is 511 g/mol. The van der Waals surface area contributed by atoms with Crippen LogP contribution in [0.2, 0.25) is 0 Å². The monoisotopic (exact) mass is 510 g/mol. The number of aromatic nitrogens is 2. The number of Topliss-reactive ketones (excluding diaryl/α,β-unsaturated/α-hetero) is 1. The number of ketones is 1. The molecular formula is C28H32F2N4O3. The Hall–Kier alpha value is -3.14. The van der Waals surface area contributed by atoms with Crippen LogP contribution in [0.25, 0.3) is 5.69 Å². The molecule has 2 saturated heterocycles. The summed E-state index contributed by atoms with van der Waals surface area (Å²) < 4.78 is 35.4. The Morgan fingerprint density at radius 2 is 1.86 bits per heavy atom. The zero-order valence-corrected chi connectivity index (χ0v) is 21.4. The first-order valence-electron chi connectivity index (χ1n) is 12.7. The number of benzene rings is 2. The van der Waals surface area contributed by atoms with Gasteiger partial charge in [-0.1, -0.05) is 31.2 Å². The third-order valence-electron chi connectivity index (χ3n) is 7.12. The second kappa shape index (κ2) is 10.7. The highest BCUT2D eigenvalue weighted by Gasteiger charge is 2.37. The molecule has 196 valence electrons. The first kappa shape index (κ1) is 25.5. The lowest BCUT2D eigenvalue weighted by molar-refractivity contribution is -0.146. The topological polar surface area (TPSA) is 59.8 Å². The molecule has 5 rings (SSSR count). The van der Waals surface area contributed by atoms with E-state index >= 15 is 0 Å². The highest BCUT2D eigenvalue weighted by Crippen LogP contribution is 2.37. The number of likely N-dealkylation sites (N-methyl/N-ethyl adjacent to an activating group) is 1. The number of para-hydroxylation sites is 1. The maximum absolute atomic E-state index is 13.9. The number of hydrogen-bond acceptors (Lipinski definition) is 6. The molecule has 0 bridgehead atoms. The van der Waals surface area contributed by atoms with Gasteiger partial charge < -0.3 is 4.74 Å². The number of carbonyl (C=O) groups excluding carboxylic acids is 1. The van der Waals surface area contributed by atoms with Crippen molar-refractivity contribution in [1.29, 1.82) is 0 Å². The standard InChI is InChI=1S/C28H32F2N4O3/c1-4-33-15-20(27(37-33)19-10-11-24(29)25(30)13-19)12-22(35)14-26-18(2)28(36-23-16-32(3)17-23)31-34(26)21-8-6-5-7-9-21/h5-11,13,20,23,27H,4,12,14-17H2,1-3H3/t20-,27+/m1/s1. The minimum atomic E-state index is -0.923. The van der Waals surface area contributed by atoms with Crippen molar-refractivity contribution in [1.82, 2.24) is 19.7 Å². The van der Waals surface area contributed by atoms with Gasteiger partial charge in [0.1, 0.15) is 18.0 Å². The maximum atomic E-state index is 13.9. The molecule has 0 radical (unpaired) electrons. The third kappa shape index (κ3) is 5.44. The van der Waals surface area contributed by atoms with Crippen molar-refractivity contribution in [2.24, 2.45) is 5.92 Å². The third-order valence-corrected chi connectivity index (χ3v) is 7.12. The van der Waals surface area contributed by atoms with Crippen LogP contribution < -0.4 is 4.74 Å². The van der Waals surface area contributed by atoms with Gasteiger partial charge in [-0.2, -0.15) is 5.06 Å². The van der Waals surface area contributed by atoms with Gasteiger partial charge in [-0.15, -0.1) is 5.10 Å². The Morgan fingerprint density at radius 1 is 1.11 bits per heavy atom. The molecule has 3 aromatic rings. The summed E-state index contributed by atoms with van der Waals surface area (Å²) >= 11 is 0. The second-order valence-electron chi connectivity index (χ2n) is 9.95. The van der Waals surface area contributed by atoms with Gasteiger partial charge in [-0.05, 0) is 43.8 Å². The summed E-state index contributed by atoms with van der Waals surface area (Å²) in [4.78, 5) is 21.6. The number of carbonyl (C=O) groups is 1. The second-order valence-corrected chi connectivity index (χ2v) is 9.95. The summed E-state index contributed by atoms with van der Waals surface area (Å²) in [6, 6.07) is 13.5. The van der Waals surface area contributed by atoms with E-state index in [0.717, 1.165) is 42.2 Å². The highest BCUT2D eigenvalue weighted by molar-refractivity contribution is 5.81. The lowest BCUT2D eigenvalue weighted by atomic mass is 9.90. The normalized spacial score (nSPS) is 20.8.